The lowest BCUT2D eigenvalue weighted by atomic mass is 9.89. The van der Waals surface area contributed by atoms with Crippen LogP contribution in [0.2, 0.25) is 0 Å². The number of hydrogen-bond donors (Lipinski definition) is 1. The number of benzene rings is 1. The summed E-state index contributed by atoms with van der Waals surface area (Å²) in [7, 11) is 0. The molecule has 0 amide bonds. The van der Waals surface area contributed by atoms with Crippen molar-refractivity contribution in [1.29, 1.82) is 0 Å². The third-order valence-electron chi connectivity index (χ3n) is 3.93. The van der Waals surface area contributed by atoms with E-state index >= 15 is 0 Å². The number of aliphatic hydroxyl groups excluding tert-OH is 1. The van der Waals surface area contributed by atoms with Gasteiger partial charge in [-0.05, 0) is 42.5 Å². The van der Waals surface area contributed by atoms with E-state index in [1.54, 1.807) is 11.3 Å². The number of rotatable bonds is 3. The van der Waals surface area contributed by atoms with Crippen molar-refractivity contribution in [2.45, 2.75) is 32.0 Å². The number of nitrogens with zero attached hydrogens (tertiary/aromatic N) is 2. The molecule has 3 aromatic rings. The van der Waals surface area contributed by atoms with Gasteiger partial charge in [0.25, 0.3) is 0 Å². The highest BCUT2D eigenvalue weighted by Gasteiger charge is 2.18. The van der Waals surface area contributed by atoms with Gasteiger partial charge >= 0.3 is 0 Å². The van der Waals surface area contributed by atoms with Gasteiger partial charge in [0.2, 0.25) is 0 Å². The Hall–Kier alpha value is -1.85. The van der Waals surface area contributed by atoms with Crippen molar-refractivity contribution in [3.63, 3.8) is 0 Å². The van der Waals surface area contributed by atoms with Gasteiger partial charge in [0.1, 0.15) is 12.4 Å². The van der Waals surface area contributed by atoms with Crippen molar-refractivity contribution < 1.29 is 9.84 Å². The Kier molecular flexibility index (Phi) is 3.16. The maximum atomic E-state index is 10.1. The maximum absolute atomic E-state index is 10.1. The van der Waals surface area contributed by atoms with E-state index < -0.39 is 0 Å². The molecule has 1 N–H and O–H groups in total. The van der Waals surface area contributed by atoms with E-state index in [0.29, 0.717) is 6.61 Å². The molecular formula is C16H16N2O2S. The second kappa shape index (κ2) is 5.16. The van der Waals surface area contributed by atoms with Gasteiger partial charge in [-0.25, -0.2) is 4.98 Å². The molecule has 0 unspecified atom stereocenters. The highest BCUT2D eigenvalue weighted by molar-refractivity contribution is 7.15. The zero-order chi connectivity index (χ0) is 14.2. The van der Waals surface area contributed by atoms with Gasteiger partial charge < -0.3 is 9.84 Å². The van der Waals surface area contributed by atoms with Crippen LogP contribution in [0.15, 0.2) is 36.0 Å². The predicted octanol–water partition coefficient (Wildman–Crippen LogP) is 3.34. The molecule has 2 aromatic heterocycles. The molecule has 21 heavy (non-hydrogen) atoms. The number of fused-ring (bicyclic) bond motifs is 2. The number of hydrogen-bond acceptors (Lipinski definition) is 4. The molecular weight excluding hydrogens is 284 g/mol. The Bertz CT molecular complexity index is 749. The first kappa shape index (κ1) is 12.9. The van der Waals surface area contributed by atoms with E-state index in [0.717, 1.165) is 41.2 Å². The zero-order valence-electron chi connectivity index (χ0n) is 11.5. The number of thiazole rings is 1. The molecule has 0 fully saturated rings. The molecule has 4 nitrogen and oxygen atoms in total. The molecule has 1 aromatic carbocycles. The van der Waals surface area contributed by atoms with Gasteiger partial charge in [-0.1, -0.05) is 6.07 Å². The molecule has 0 radical (unpaired) electrons. The Morgan fingerprint density at radius 2 is 2.38 bits per heavy atom. The summed E-state index contributed by atoms with van der Waals surface area (Å²) >= 11 is 1.61. The molecule has 2 heterocycles. The van der Waals surface area contributed by atoms with Crippen molar-refractivity contribution in [3.05, 3.63) is 52.8 Å². The molecule has 108 valence electrons. The lowest BCUT2D eigenvalue weighted by Crippen LogP contribution is -2.09. The summed E-state index contributed by atoms with van der Waals surface area (Å²) in [5, 5.41) is 12.1. The van der Waals surface area contributed by atoms with Crippen molar-refractivity contribution in [2.24, 2.45) is 0 Å². The molecule has 1 aliphatic carbocycles. The number of aliphatic hydroxyl groups is 1. The van der Waals surface area contributed by atoms with Crippen LogP contribution in [0.5, 0.6) is 5.75 Å². The van der Waals surface area contributed by atoms with E-state index in [4.69, 9.17) is 4.74 Å². The summed E-state index contributed by atoms with van der Waals surface area (Å²) in [4.78, 5) is 5.48. The van der Waals surface area contributed by atoms with Crippen molar-refractivity contribution in [3.8, 4) is 5.75 Å². The summed E-state index contributed by atoms with van der Waals surface area (Å²) < 4.78 is 7.82. The fourth-order valence-corrected chi connectivity index (χ4v) is 3.56. The van der Waals surface area contributed by atoms with Crippen molar-refractivity contribution >= 4 is 16.3 Å². The van der Waals surface area contributed by atoms with E-state index in [2.05, 4.69) is 11.1 Å². The third-order valence-corrected chi connectivity index (χ3v) is 4.70. The van der Waals surface area contributed by atoms with E-state index in [1.165, 1.54) is 5.56 Å². The minimum Gasteiger partial charge on any atom is -0.487 e. The van der Waals surface area contributed by atoms with Gasteiger partial charge in [0.05, 0.1) is 11.8 Å². The molecule has 0 saturated carbocycles. The van der Waals surface area contributed by atoms with Crippen molar-refractivity contribution in [1.82, 2.24) is 9.38 Å². The van der Waals surface area contributed by atoms with Crippen LogP contribution < -0.4 is 4.74 Å². The summed E-state index contributed by atoms with van der Waals surface area (Å²) in [6, 6.07) is 6.02. The highest BCUT2D eigenvalue weighted by Crippen LogP contribution is 2.32. The number of imidazole rings is 1. The number of ether oxygens (including phenoxy) is 1. The Morgan fingerprint density at radius 1 is 1.43 bits per heavy atom. The quantitative estimate of drug-likeness (QED) is 0.807. The zero-order valence-corrected chi connectivity index (χ0v) is 12.3. The number of aryl methyl sites for hydroxylation is 1. The molecule has 4 rings (SSSR count). The fourth-order valence-electron chi connectivity index (χ4n) is 2.84. The summed E-state index contributed by atoms with van der Waals surface area (Å²) in [6.07, 6.45) is 6.57. The molecule has 0 aliphatic heterocycles. The first-order valence-electron chi connectivity index (χ1n) is 7.14. The van der Waals surface area contributed by atoms with Crippen LogP contribution in [0, 0.1) is 0 Å². The van der Waals surface area contributed by atoms with Crippen LogP contribution in [0.1, 0.15) is 35.8 Å². The minimum absolute atomic E-state index is 0.352. The Morgan fingerprint density at radius 3 is 3.29 bits per heavy atom. The molecule has 1 atom stereocenters. The van der Waals surface area contributed by atoms with Gasteiger partial charge in [-0.2, -0.15) is 0 Å². The molecule has 5 heteroatoms. The lowest BCUT2D eigenvalue weighted by molar-refractivity contribution is 0.156. The van der Waals surface area contributed by atoms with E-state index in [9.17, 15) is 5.11 Å². The van der Waals surface area contributed by atoms with Crippen LogP contribution in [-0.4, -0.2) is 14.5 Å². The second-order valence-corrected chi connectivity index (χ2v) is 6.26. The molecule has 0 saturated heterocycles. The third kappa shape index (κ3) is 2.43. The second-order valence-electron chi connectivity index (χ2n) is 5.38. The largest absolute Gasteiger partial charge is 0.487 e. The average molecular weight is 300 g/mol. The van der Waals surface area contributed by atoms with E-state index in [1.807, 2.05) is 34.3 Å². The van der Waals surface area contributed by atoms with Gasteiger partial charge in [0, 0.05) is 17.8 Å². The van der Waals surface area contributed by atoms with Crippen molar-refractivity contribution in [2.75, 3.05) is 0 Å². The van der Waals surface area contributed by atoms with Crippen LogP contribution in [0.3, 0.4) is 0 Å². The molecule has 0 bridgehead atoms. The van der Waals surface area contributed by atoms with Gasteiger partial charge in [-0.15, -0.1) is 11.3 Å². The fraction of sp³-hybridized carbons (Fsp3) is 0.312. The lowest BCUT2D eigenvalue weighted by Gasteiger charge is -2.21. The minimum atomic E-state index is -0.352. The normalized spacial score (nSPS) is 17.9. The highest BCUT2D eigenvalue weighted by atomic mass is 32.1. The van der Waals surface area contributed by atoms with Gasteiger partial charge in [-0.3, -0.25) is 4.40 Å². The Balaban J connectivity index is 1.52. The monoisotopic (exact) mass is 300 g/mol. The summed E-state index contributed by atoms with van der Waals surface area (Å²) in [5.74, 6) is 0.797. The SMILES string of the molecule is O[C@@H]1CCCc2ccc(OCc3cn4ccsc4n3)cc21. The average Bonchev–Trinajstić information content (AvgIpc) is 3.07. The first-order chi connectivity index (χ1) is 10.3. The summed E-state index contributed by atoms with van der Waals surface area (Å²) in [6.45, 7) is 0.448. The Labute approximate surface area is 126 Å². The first-order valence-corrected chi connectivity index (χ1v) is 8.02. The maximum Gasteiger partial charge on any atom is 0.193 e. The van der Waals surface area contributed by atoms with Crippen LogP contribution in [-0.2, 0) is 13.0 Å². The molecule has 0 spiro atoms. The predicted molar refractivity (Wildman–Crippen MR) is 81.7 cm³/mol. The van der Waals surface area contributed by atoms with Gasteiger partial charge in [0.15, 0.2) is 4.96 Å². The topological polar surface area (TPSA) is 46.8 Å². The van der Waals surface area contributed by atoms with Crippen LogP contribution in [0.4, 0.5) is 0 Å². The van der Waals surface area contributed by atoms with Crippen LogP contribution in [0.25, 0.3) is 4.96 Å². The molecule has 1 aliphatic rings. The number of aromatic nitrogens is 2. The van der Waals surface area contributed by atoms with Crippen LogP contribution >= 0.6 is 11.3 Å². The smallest absolute Gasteiger partial charge is 0.193 e. The summed E-state index contributed by atoms with van der Waals surface area (Å²) in [5.41, 5.74) is 3.17. The standard InChI is InChI=1S/C16H16N2O2S/c19-15-3-1-2-11-4-5-13(8-14(11)15)20-10-12-9-18-6-7-21-16(18)17-12/h4-9,15,19H,1-3,10H2/t15-/m1/s1. The van der Waals surface area contributed by atoms with E-state index in [-0.39, 0.29) is 6.10 Å².